The van der Waals surface area contributed by atoms with E-state index < -0.39 is 16.2 Å². The highest BCUT2D eigenvalue weighted by Gasteiger charge is 2.31. The van der Waals surface area contributed by atoms with Gasteiger partial charge in [-0.1, -0.05) is 0 Å². The SMILES string of the molecule is C#CCC1=C(C)[C@H](OS(C)(=O)=O)CC1=O. The summed E-state index contributed by atoms with van der Waals surface area (Å²) in [5.74, 6) is 2.24. The van der Waals surface area contributed by atoms with Gasteiger partial charge in [-0.05, 0) is 12.5 Å². The van der Waals surface area contributed by atoms with Crippen molar-refractivity contribution in [2.24, 2.45) is 0 Å². The molecule has 1 atom stereocenters. The summed E-state index contributed by atoms with van der Waals surface area (Å²) in [6.45, 7) is 1.67. The van der Waals surface area contributed by atoms with Crippen LogP contribution >= 0.6 is 0 Å². The van der Waals surface area contributed by atoms with Crippen LogP contribution in [-0.2, 0) is 19.1 Å². The first kappa shape index (κ1) is 12.0. The molecule has 82 valence electrons. The number of hydrogen-bond donors (Lipinski definition) is 0. The molecule has 0 amide bonds. The van der Waals surface area contributed by atoms with E-state index in [0.29, 0.717) is 11.1 Å². The third-order valence-corrected chi connectivity index (χ3v) is 2.82. The molecule has 0 aromatic rings. The van der Waals surface area contributed by atoms with Gasteiger partial charge in [0.15, 0.2) is 5.78 Å². The molecule has 0 bridgehead atoms. The van der Waals surface area contributed by atoms with Gasteiger partial charge in [0.1, 0.15) is 6.10 Å². The van der Waals surface area contributed by atoms with Crippen molar-refractivity contribution in [2.75, 3.05) is 6.26 Å². The van der Waals surface area contributed by atoms with Gasteiger partial charge in [-0.3, -0.25) is 8.98 Å². The second-order valence-corrected chi connectivity index (χ2v) is 5.06. The van der Waals surface area contributed by atoms with E-state index in [9.17, 15) is 13.2 Å². The molecule has 0 spiro atoms. The van der Waals surface area contributed by atoms with Crippen molar-refractivity contribution in [3.8, 4) is 12.3 Å². The molecule has 15 heavy (non-hydrogen) atoms. The summed E-state index contributed by atoms with van der Waals surface area (Å²) in [7, 11) is -3.54. The first-order valence-electron chi connectivity index (χ1n) is 4.39. The van der Waals surface area contributed by atoms with Crippen molar-refractivity contribution >= 4 is 15.9 Å². The summed E-state index contributed by atoms with van der Waals surface area (Å²) >= 11 is 0. The van der Waals surface area contributed by atoms with Crippen molar-refractivity contribution < 1.29 is 17.4 Å². The number of carbonyl (C=O) groups is 1. The number of ketones is 1. The van der Waals surface area contributed by atoms with Crippen LogP contribution in [0.4, 0.5) is 0 Å². The Balaban J connectivity index is 2.91. The summed E-state index contributed by atoms with van der Waals surface area (Å²) < 4.78 is 26.6. The minimum absolute atomic E-state index is 0.0654. The van der Waals surface area contributed by atoms with Crippen LogP contribution in [-0.4, -0.2) is 26.6 Å². The Hall–Kier alpha value is -1.12. The van der Waals surface area contributed by atoms with Crippen LogP contribution in [0.25, 0.3) is 0 Å². The topological polar surface area (TPSA) is 60.4 Å². The minimum atomic E-state index is -3.54. The van der Waals surface area contributed by atoms with Gasteiger partial charge in [0.05, 0.1) is 6.26 Å². The van der Waals surface area contributed by atoms with Gasteiger partial charge < -0.3 is 0 Å². The van der Waals surface area contributed by atoms with E-state index in [4.69, 9.17) is 10.6 Å². The summed E-state index contributed by atoms with van der Waals surface area (Å²) in [5.41, 5.74) is 1.13. The van der Waals surface area contributed by atoms with Crippen molar-refractivity contribution in [3.05, 3.63) is 11.1 Å². The third-order valence-electron chi connectivity index (χ3n) is 2.24. The molecule has 0 saturated heterocycles. The maximum Gasteiger partial charge on any atom is 0.264 e. The maximum absolute atomic E-state index is 11.4. The Kier molecular flexibility index (Phi) is 3.32. The zero-order chi connectivity index (χ0) is 11.6. The Bertz CT molecular complexity index is 450. The zero-order valence-corrected chi connectivity index (χ0v) is 9.43. The third kappa shape index (κ3) is 2.91. The molecule has 5 heteroatoms. The van der Waals surface area contributed by atoms with Crippen molar-refractivity contribution in [1.29, 1.82) is 0 Å². The average molecular weight is 228 g/mol. The summed E-state index contributed by atoms with van der Waals surface area (Å²) in [5, 5.41) is 0. The fourth-order valence-electron chi connectivity index (χ4n) is 1.52. The molecule has 0 radical (unpaired) electrons. The molecule has 0 aromatic carbocycles. The summed E-state index contributed by atoms with van der Waals surface area (Å²) in [6.07, 6.45) is 5.70. The average Bonchev–Trinajstić information content (AvgIpc) is 2.30. The predicted molar refractivity (Wildman–Crippen MR) is 55.5 cm³/mol. The van der Waals surface area contributed by atoms with Crippen molar-refractivity contribution in [3.63, 3.8) is 0 Å². The maximum atomic E-state index is 11.4. The first-order chi connectivity index (χ1) is 6.85. The van der Waals surface area contributed by atoms with E-state index in [-0.39, 0.29) is 18.6 Å². The van der Waals surface area contributed by atoms with Crippen molar-refractivity contribution in [2.45, 2.75) is 25.9 Å². The Morgan fingerprint density at radius 3 is 2.67 bits per heavy atom. The Morgan fingerprint density at radius 2 is 2.20 bits per heavy atom. The largest absolute Gasteiger partial charge is 0.294 e. The predicted octanol–water partition coefficient (Wildman–Crippen LogP) is 0.644. The highest BCUT2D eigenvalue weighted by atomic mass is 32.2. The number of terminal acetylenes is 1. The van der Waals surface area contributed by atoms with E-state index in [2.05, 4.69) is 5.92 Å². The van der Waals surface area contributed by atoms with Crippen LogP contribution in [0.3, 0.4) is 0 Å². The molecule has 0 unspecified atom stereocenters. The second kappa shape index (κ2) is 4.17. The van der Waals surface area contributed by atoms with E-state index >= 15 is 0 Å². The van der Waals surface area contributed by atoms with Gasteiger partial charge in [0.2, 0.25) is 0 Å². The van der Waals surface area contributed by atoms with Crippen LogP contribution in [0.2, 0.25) is 0 Å². The molecule has 4 nitrogen and oxygen atoms in total. The van der Waals surface area contributed by atoms with Crippen LogP contribution in [0.15, 0.2) is 11.1 Å². The van der Waals surface area contributed by atoms with E-state index in [0.717, 1.165) is 6.26 Å². The first-order valence-corrected chi connectivity index (χ1v) is 6.21. The number of allylic oxidation sites excluding steroid dienone is 1. The zero-order valence-electron chi connectivity index (χ0n) is 8.61. The smallest absolute Gasteiger partial charge is 0.264 e. The van der Waals surface area contributed by atoms with Crippen LogP contribution < -0.4 is 0 Å². The lowest BCUT2D eigenvalue weighted by atomic mass is 10.1. The van der Waals surface area contributed by atoms with Gasteiger partial charge >= 0.3 is 0 Å². The molecular formula is C10H12O4S. The molecule has 0 aliphatic heterocycles. The van der Waals surface area contributed by atoms with Gasteiger partial charge in [-0.25, -0.2) is 0 Å². The molecule has 0 saturated carbocycles. The lowest BCUT2D eigenvalue weighted by molar-refractivity contribution is -0.115. The highest BCUT2D eigenvalue weighted by molar-refractivity contribution is 7.86. The second-order valence-electron chi connectivity index (χ2n) is 3.46. The van der Waals surface area contributed by atoms with E-state index in [1.807, 2.05) is 0 Å². The molecule has 1 aliphatic rings. The number of Topliss-reactive ketones (excluding diaryl/α,β-unsaturated/α-hetero) is 1. The molecule has 0 heterocycles. The molecule has 1 rings (SSSR count). The molecule has 0 aromatic heterocycles. The summed E-state index contributed by atoms with van der Waals surface area (Å²) in [6, 6.07) is 0. The van der Waals surface area contributed by atoms with Gasteiger partial charge in [-0.15, -0.1) is 12.3 Å². The standard InChI is InChI=1S/C10H12O4S/c1-4-5-8-7(2)10(6-9(8)11)14-15(3,12)13/h1,10H,5-6H2,2-3H3/t10-/m1/s1. The number of hydrogen-bond acceptors (Lipinski definition) is 4. The summed E-state index contributed by atoms with van der Waals surface area (Å²) in [4.78, 5) is 11.4. The van der Waals surface area contributed by atoms with Gasteiger partial charge in [-0.2, -0.15) is 8.42 Å². The fraction of sp³-hybridized carbons (Fsp3) is 0.500. The molecular weight excluding hydrogens is 216 g/mol. The molecule has 0 N–H and O–H groups in total. The minimum Gasteiger partial charge on any atom is -0.294 e. The van der Waals surface area contributed by atoms with Crippen LogP contribution in [0, 0.1) is 12.3 Å². The van der Waals surface area contributed by atoms with Gasteiger partial charge in [0.25, 0.3) is 10.1 Å². The normalized spacial score (nSPS) is 21.9. The highest BCUT2D eigenvalue weighted by Crippen LogP contribution is 2.28. The number of carbonyl (C=O) groups excluding carboxylic acids is 1. The molecule has 1 aliphatic carbocycles. The monoisotopic (exact) mass is 228 g/mol. The Morgan fingerprint density at radius 1 is 1.60 bits per heavy atom. The quantitative estimate of drug-likeness (QED) is 0.525. The lowest BCUT2D eigenvalue weighted by Gasteiger charge is -2.09. The molecule has 0 fully saturated rings. The lowest BCUT2D eigenvalue weighted by Crippen LogP contribution is -2.16. The van der Waals surface area contributed by atoms with Crippen LogP contribution in [0.5, 0.6) is 0 Å². The Labute approximate surface area is 89.4 Å². The van der Waals surface area contributed by atoms with E-state index in [1.165, 1.54) is 0 Å². The fourth-order valence-corrected chi connectivity index (χ4v) is 2.15. The van der Waals surface area contributed by atoms with Crippen molar-refractivity contribution in [1.82, 2.24) is 0 Å². The van der Waals surface area contributed by atoms with E-state index in [1.54, 1.807) is 6.92 Å². The van der Waals surface area contributed by atoms with Crippen LogP contribution in [0.1, 0.15) is 19.8 Å². The van der Waals surface area contributed by atoms with Gasteiger partial charge in [0, 0.05) is 18.4 Å². The number of rotatable bonds is 3.